The molecule has 0 aromatic heterocycles. The van der Waals surface area contributed by atoms with Gasteiger partial charge in [-0.15, -0.1) is 0 Å². The molecule has 1 atom stereocenters. The number of nitrogens with one attached hydrogen (secondary N) is 1. The number of halogens is 1. The van der Waals surface area contributed by atoms with Crippen molar-refractivity contribution in [3.8, 4) is 11.5 Å². The van der Waals surface area contributed by atoms with E-state index in [1.54, 1.807) is 24.3 Å². The quantitative estimate of drug-likeness (QED) is 0.274. The molecule has 0 fully saturated rings. The second-order valence-electron chi connectivity index (χ2n) is 8.20. The largest absolute Gasteiger partial charge is 0.504 e. The number of carbonyl (C=O) groups is 2. The third-order valence-corrected chi connectivity index (χ3v) is 8.65. The molecule has 7 nitrogen and oxygen atoms in total. The van der Waals surface area contributed by atoms with Crippen LogP contribution < -0.4 is 4.72 Å². The first-order valence-corrected chi connectivity index (χ1v) is 12.4. The summed E-state index contributed by atoms with van der Waals surface area (Å²) in [5.74, 6) is -3.00. The smallest absolute Gasteiger partial charge is 0.256 e. The number of sulfonamides is 1. The summed E-state index contributed by atoms with van der Waals surface area (Å²) < 4.78 is 26.7. The molecule has 1 unspecified atom stereocenters. The van der Waals surface area contributed by atoms with Crippen molar-refractivity contribution < 1.29 is 28.2 Å². The van der Waals surface area contributed by atoms with Crippen LogP contribution in [0.25, 0.3) is 5.57 Å². The van der Waals surface area contributed by atoms with E-state index in [0.29, 0.717) is 0 Å². The van der Waals surface area contributed by atoms with E-state index in [1.807, 2.05) is 30.3 Å². The monoisotopic (exact) mass is 507 g/mol. The molecule has 0 saturated heterocycles. The van der Waals surface area contributed by atoms with Crippen molar-refractivity contribution in [2.24, 2.45) is 0 Å². The summed E-state index contributed by atoms with van der Waals surface area (Å²) >= 11 is 6.48. The van der Waals surface area contributed by atoms with E-state index < -0.39 is 43.0 Å². The third-order valence-electron chi connectivity index (χ3n) is 6.07. The van der Waals surface area contributed by atoms with Crippen LogP contribution in [0.2, 0.25) is 0 Å². The molecule has 0 bridgehead atoms. The van der Waals surface area contributed by atoms with Gasteiger partial charge in [-0.2, -0.15) is 0 Å². The fourth-order valence-corrected chi connectivity index (χ4v) is 5.60. The van der Waals surface area contributed by atoms with Gasteiger partial charge in [0.15, 0.2) is 27.3 Å². The van der Waals surface area contributed by atoms with Crippen LogP contribution in [0.1, 0.15) is 43.8 Å². The Kier molecular flexibility index (Phi) is 5.30. The maximum absolute atomic E-state index is 13.2. The molecule has 0 radical (unpaired) electrons. The van der Waals surface area contributed by atoms with E-state index >= 15 is 0 Å². The number of alkyl halides is 1. The number of rotatable bonds is 4. The number of benzene rings is 3. The normalized spacial score (nSPS) is 19.1. The number of carbonyl (C=O) groups excluding carboxylic acids is 2. The number of allylic oxidation sites excluding steroid dienone is 3. The highest BCUT2D eigenvalue weighted by atomic mass is 35.5. The van der Waals surface area contributed by atoms with Gasteiger partial charge in [0.25, 0.3) is 10.0 Å². The van der Waals surface area contributed by atoms with Crippen LogP contribution in [0.5, 0.6) is 11.5 Å². The van der Waals surface area contributed by atoms with Gasteiger partial charge in [-0.3, -0.25) is 14.3 Å². The zero-order valence-corrected chi connectivity index (χ0v) is 19.6. The Morgan fingerprint density at radius 2 is 1.49 bits per heavy atom. The fraction of sp³-hybridized carbons (Fsp3) is 0.0769. The molecule has 0 amide bonds. The maximum Gasteiger partial charge on any atom is 0.256 e. The first kappa shape index (κ1) is 22.9. The second kappa shape index (κ2) is 8.11. The molecule has 5 rings (SSSR count). The maximum atomic E-state index is 13.2. The molecule has 3 aromatic rings. The van der Waals surface area contributed by atoms with Gasteiger partial charge in [-0.1, -0.05) is 78.4 Å². The SMILES string of the molecule is O=C1c2ccccc2C(=O)c2c1cc(NS(=O)(=O)C1(Cl)C=CC(c3ccccc3)=CC1)c(O)c2O. The minimum absolute atomic E-state index is 0.0763. The van der Waals surface area contributed by atoms with Gasteiger partial charge in [0.2, 0.25) is 0 Å². The van der Waals surface area contributed by atoms with Gasteiger partial charge >= 0.3 is 0 Å². The van der Waals surface area contributed by atoms with Crippen molar-refractivity contribution in [3.63, 3.8) is 0 Å². The number of aromatic hydroxyl groups is 2. The number of fused-ring (bicyclic) bond motifs is 2. The summed E-state index contributed by atoms with van der Waals surface area (Å²) in [5.41, 5.74) is 0.821. The number of ketones is 2. The zero-order chi connectivity index (χ0) is 25.0. The van der Waals surface area contributed by atoms with Gasteiger partial charge in [0.05, 0.1) is 11.3 Å². The Bertz CT molecular complexity index is 1580. The Morgan fingerprint density at radius 1 is 0.857 bits per heavy atom. The van der Waals surface area contributed by atoms with Crippen molar-refractivity contribution >= 4 is 44.5 Å². The third kappa shape index (κ3) is 3.62. The predicted octanol–water partition coefficient (Wildman–Crippen LogP) is 4.59. The minimum atomic E-state index is -4.38. The Morgan fingerprint density at radius 3 is 2.11 bits per heavy atom. The van der Waals surface area contributed by atoms with Crippen LogP contribution in [-0.4, -0.2) is 34.4 Å². The molecule has 3 N–H and O–H groups in total. The topological polar surface area (TPSA) is 121 Å². The molecule has 0 saturated carbocycles. The van der Waals surface area contributed by atoms with E-state index in [9.17, 15) is 28.2 Å². The highest BCUT2D eigenvalue weighted by Gasteiger charge is 2.42. The lowest BCUT2D eigenvalue weighted by Crippen LogP contribution is -2.36. The molecular weight excluding hydrogens is 490 g/mol. The van der Waals surface area contributed by atoms with Gasteiger partial charge in [-0.25, -0.2) is 8.42 Å². The van der Waals surface area contributed by atoms with Crippen LogP contribution in [0, 0.1) is 0 Å². The predicted molar refractivity (Wildman–Crippen MR) is 132 cm³/mol. The Labute approximate surface area is 206 Å². The van der Waals surface area contributed by atoms with E-state index in [1.165, 1.54) is 18.2 Å². The number of phenols is 2. The lowest BCUT2D eigenvalue weighted by molar-refractivity contribution is 0.0976. The van der Waals surface area contributed by atoms with Crippen LogP contribution in [0.15, 0.2) is 78.9 Å². The summed E-state index contributed by atoms with van der Waals surface area (Å²) in [7, 11) is -4.38. The van der Waals surface area contributed by atoms with E-state index in [2.05, 4.69) is 4.72 Å². The average molecular weight is 508 g/mol. The molecule has 0 spiro atoms. The number of anilines is 1. The first-order valence-electron chi connectivity index (χ1n) is 10.6. The van der Waals surface area contributed by atoms with E-state index in [4.69, 9.17) is 11.6 Å². The van der Waals surface area contributed by atoms with Gasteiger partial charge < -0.3 is 10.2 Å². The molecule has 2 aliphatic carbocycles. The van der Waals surface area contributed by atoms with Gasteiger partial charge in [-0.05, 0) is 23.3 Å². The van der Waals surface area contributed by atoms with E-state index in [-0.39, 0.29) is 28.7 Å². The molecule has 0 heterocycles. The lowest BCUT2D eigenvalue weighted by Gasteiger charge is -2.27. The summed E-state index contributed by atoms with van der Waals surface area (Å²) in [6.45, 7) is 0. The standard InChI is InChI=1S/C26H18ClNO6S/c27-26(12-10-16(11-13-26)15-6-2-1-3-7-15)35(33,34)28-20-14-19-21(25(32)24(20)31)23(30)18-9-5-4-8-17(18)22(19)29/h1-12,14,28,31-32H,13H2. The highest BCUT2D eigenvalue weighted by Crippen LogP contribution is 2.45. The zero-order valence-electron chi connectivity index (χ0n) is 18.0. The molecule has 3 aromatic carbocycles. The molecule has 9 heteroatoms. The van der Waals surface area contributed by atoms with Crippen molar-refractivity contribution in [3.05, 3.63) is 107 Å². The Hall–Kier alpha value is -3.88. The molecule has 2 aliphatic rings. The van der Waals surface area contributed by atoms with Crippen molar-refractivity contribution in [2.45, 2.75) is 10.6 Å². The summed E-state index contributed by atoms with van der Waals surface area (Å²) in [6.07, 6.45) is 4.53. The van der Waals surface area contributed by atoms with Crippen LogP contribution in [0.3, 0.4) is 0 Å². The minimum Gasteiger partial charge on any atom is -0.504 e. The second-order valence-corrected chi connectivity index (χ2v) is 11.0. The first-order chi connectivity index (χ1) is 16.6. The summed E-state index contributed by atoms with van der Waals surface area (Å²) in [6, 6.07) is 16.5. The van der Waals surface area contributed by atoms with Gasteiger partial charge in [0.1, 0.15) is 0 Å². The van der Waals surface area contributed by atoms with E-state index in [0.717, 1.165) is 17.2 Å². The van der Waals surface area contributed by atoms with Crippen LogP contribution in [-0.2, 0) is 10.0 Å². The van der Waals surface area contributed by atoms with Crippen LogP contribution >= 0.6 is 11.6 Å². The fourth-order valence-electron chi connectivity index (χ4n) is 4.18. The Balaban J connectivity index is 1.50. The van der Waals surface area contributed by atoms with Crippen LogP contribution in [0.4, 0.5) is 5.69 Å². The number of hydrogen-bond acceptors (Lipinski definition) is 6. The summed E-state index contributed by atoms with van der Waals surface area (Å²) in [4.78, 5) is 25.9. The van der Waals surface area contributed by atoms with Gasteiger partial charge in [0, 0.05) is 23.1 Å². The van der Waals surface area contributed by atoms with Crippen molar-refractivity contribution in [1.29, 1.82) is 0 Å². The summed E-state index contributed by atoms with van der Waals surface area (Å²) in [5, 5.41) is 21.1. The number of hydrogen-bond donors (Lipinski definition) is 3. The molecule has 35 heavy (non-hydrogen) atoms. The van der Waals surface area contributed by atoms with Crippen molar-refractivity contribution in [2.75, 3.05) is 4.72 Å². The average Bonchev–Trinajstić information content (AvgIpc) is 2.86. The van der Waals surface area contributed by atoms with Crippen molar-refractivity contribution in [1.82, 2.24) is 0 Å². The molecule has 176 valence electrons. The molecular formula is C26H18ClNO6S. The molecule has 0 aliphatic heterocycles. The lowest BCUT2D eigenvalue weighted by atomic mass is 9.83. The highest BCUT2D eigenvalue weighted by molar-refractivity contribution is 7.95. The number of phenolic OH excluding ortho intramolecular Hbond substituents is 2.